The van der Waals surface area contributed by atoms with Gasteiger partial charge in [-0.25, -0.2) is 0 Å². The van der Waals surface area contributed by atoms with Crippen molar-refractivity contribution in [3.8, 4) is 0 Å². The van der Waals surface area contributed by atoms with Crippen molar-refractivity contribution < 1.29 is 0 Å². The molecule has 0 bridgehead atoms. The lowest BCUT2D eigenvalue weighted by Gasteiger charge is -2.05. The number of nitrogens with one attached hydrogen (secondary N) is 1. The first-order valence-electron chi connectivity index (χ1n) is 7.53. The largest absolute Gasteiger partial charge is 0.398 e. The molecule has 0 unspecified atom stereocenters. The summed E-state index contributed by atoms with van der Waals surface area (Å²) in [7, 11) is 0. The van der Waals surface area contributed by atoms with Gasteiger partial charge in [0.25, 0.3) is 0 Å². The van der Waals surface area contributed by atoms with E-state index in [2.05, 4.69) is 20.5 Å². The van der Waals surface area contributed by atoms with E-state index in [9.17, 15) is 0 Å². The number of pyridine rings is 1. The second kappa shape index (κ2) is 9.15. The Morgan fingerprint density at radius 2 is 2.04 bits per heavy atom. The van der Waals surface area contributed by atoms with Crippen LogP contribution >= 0.6 is 0 Å². The zero-order valence-corrected chi connectivity index (χ0v) is 13.2. The minimum atomic E-state index is 0.510. The van der Waals surface area contributed by atoms with E-state index in [0.29, 0.717) is 18.1 Å². The maximum Gasteiger partial charge on any atom is 0.143 e. The summed E-state index contributed by atoms with van der Waals surface area (Å²) in [6.45, 7) is 2.53. The van der Waals surface area contributed by atoms with Crippen molar-refractivity contribution in [1.82, 2.24) is 10.4 Å². The Morgan fingerprint density at radius 3 is 2.74 bits per heavy atom. The summed E-state index contributed by atoms with van der Waals surface area (Å²) in [5, 5.41) is 4.13. The van der Waals surface area contributed by atoms with Gasteiger partial charge < -0.3 is 5.73 Å². The molecule has 2 aromatic rings. The van der Waals surface area contributed by atoms with Crippen LogP contribution in [-0.4, -0.2) is 17.0 Å². The van der Waals surface area contributed by atoms with Crippen molar-refractivity contribution in [2.24, 2.45) is 15.8 Å². The highest BCUT2D eigenvalue weighted by Crippen LogP contribution is 2.08. The fourth-order valence-corrected chi connectivity index (χ4v) is 1.85. The third-order valence-electron chi connectivity index (χ3n) is 3.01. The first-order chi connectivity index (χ1) is 11.3. The number of nitrogens with two attached hydrogens (primary N) is 1. The van der Waals surface area contributed by atoms with Crippen molar-refractivity contribution in [2.45, 2.75) is 19.9 Å². The molecule has 0 amide bonds. The highest BCUT2D eigenvalue weighted by Gasteiger charge is 1.99. The average molecular weight is 307 g/mol. The van der Waals surface area contributed by atoms with E-state index in [1.807, 2.05) is 49.4 Å². The van der Waals surface area contributed by atoms with Crippen LogP contribution in [-0.2, 0) is 6.54 Å². The lowest BCUT2D eigenvalue weighted by Crippen LogP contribution is -2.17. The Balaban J connectivity index is 2.18. The molecular formula is C18H21N5. The van der Waals surface area contributed by atoms with Crippen LogP contribution in [0.1, 0.15) is 24.5 Å². The van der Waals surface area contributed by atoms with E-state index in [-0.39, 0.29) is 0 Å². The van der Waals surface area contributed by atoms with Crippen LogP contribution in [0, 0.1) is 0 Å². The third kappa shape index (κ3) is 5.74. The Kier molecular flexibility index (Phi) is 6.53. The second-order valence-corrected chi connectivity index (χ2v) is 4.86. The first kappa shape index (κ1) is 16.4. The van der Waals surface area contributed by atoms with Gasteiger partial charge in [0.1, 0.15) is 5.84 Å². The van der Waals surface area contributed by atoms with Gasteiger partial charge in [-0.3, -0.25) is 15.4 Å². The molecule has 0 saturated heterocycles. The Hall–Kier alpha value is -2.95. The fraction of sp³-hybridized carbons (Fsp3) is 0.167. The molecule has 0 radical (unpaired) electrons. The maximum absolute atomic E-state index is 6.15. The molecule has 5 nitrogen and oxygen atoms in total. The molecule has 0 aliphatic carbocycles. The molecule has 0 spiro atoms. The van der Waals surface area contributed by atoms with E-state index in [0.717, 1.165) is 17.5 Å². The van der Waals surface area contributed by atoms with Crippen LogP contribution in [0.5, 0.6) is 0 Å². The number of hydrogen-bond donors (Lipinski definition) is 2. The van der Waals surface area contributed by atoms with Crippen LogP contribution in [0.15, 0.2) is 71.0 Å². The SMILES string of the molecule is CC/C=N\NC(C=C(N)c1ccccc1)=NCc1cccnc1. The number of hydrazone groups is 1. The van der Waals surface area contributed by atoms with Crippen molar-refractivity contribution in [2.75, 3.05) is 0 Å². The molecule has 1 aromatic carbocycles. The lowest BCUT2D eigenvalue weighted by atomic mass is 10.1. The molecule has 2 rings (SSSR count). The molecule has 1 aromatic heterocycles. The van der Waals surface area contributed by atoms with Crippen LogP contribution in [0.2, 0.25) is 0 Å². The molecule has 118 valence electrons. The number of aromatic nitrogens is 1. The van der Waals surface area contributed by atoms with Gasteiger partial charge in [0, 0.05) is 30.4 Å². The van der Waals surface area contributed by atoms with E-state index < -0.39 is 0 Å². The minimum absolute atomic E-state index is 0.510. The van der Waals surface area contributed by atoms with Crippen LogP contribution in [0.25, 0.3) is 5.70 Å². The third-order valence-corrected chi connectivity index (χ3v) is 3.01. The lowest BCUT2D eigenvalue weighted by molar-refractivity contribution is 0.972. The smallest absolute Gasteiger partial charge is 0.143 e. The average Bonchev–Trinajstić information content (AvgIpc) is 2.61. The zero-order chi connectivity index (χ0) is 16.3. The van der Waals surface area contributed by atoms with Gasteiger partial charge in [0.15, 0.2) is 0 Å². The molecule has 0 aliphatic heterocycles. The van der Waals surface area contributed by atoms with Crippen molar-refractivity contribution in [3.05, 3.63) is 72.1 Å². The van der Waals surface area contributed by atoms with E-state index in [4.69, 9.17) is 5.73 Å². The number of rotatable bonds is 6. The van der Waals surface area contributed by atoms with Gasteiger partial charge in [-0.05, 0) is 23.6 Å². The molecular weight excluding hydrogens is 286 g/mol. The molecule has 0 aliphatic rings. The van der Waals surface area contributed by atoms with E-state index >= 15 is 0 Å². The number of aliphatic imine (C=N–C) groups is 1. The summed E-state index contributed by atoms with van der Waals surface area (Å²) in [5.74, 6) is 0.611. The van der Waals surface area contributed by atoms with Gasteiger partial charge in [0.05, 0.1) is 6.54 Å². The van der Waals surface area contributed by atoms with Crippen molar-refractivity contribution in [1.29, 1.82) is 0 Å². The van der Waals surface area contributed by atoms with Crippen LogP contribution in [0.4, 0.5) is 0 Å². The molecule has 0 atom stereocenters. The first-order valence-corrected chi connectivity index (χ1v) is 7.53. The Labute approximate surface area is 136 Å². The predicted octanol–water partition coefficient (Wildman–Crippen LogP) is 2.97. The topological polar surface area (TPSA) is 75.7 Å². The highest BCUT2D eigenvalue weighted by atomic mass is 15.3. The number of hydrogen-bond acceptors (Lipinski definition) is 4. The molecule has 23 heavy (non-hydrogen) atoms. The normalized spacial score (nSPS) is 12.6. The molecule has 0 fully saturated rings. The standard InChI is InChI=1S/C18H21N5/c1-2-10-22-23-18(21-14-15-7-6-11-20-13-15)12-17(19)16-8-4-3-5-9-16/h3-13H,2,14,19H2,1H3,(H,21,23)/b17-12?,22-10-. The van der Waals surface area contributed by atoms with Crippen LogP contribution in [0.3, 0.4) is 0 Å². The van der Waals surface area contributed by atoms with Gasteiger partial charge in [-0.15, -0.1) is 0 Å². The quantitative estimate of drug-likeness (QED) is 0.489. The summed E-state index contributed by atoms with van der Waals surface area (Å²) < 4.78 is 0. The summed E-state index contributed by atoms with van der Waals surface area (Å²) in [4.78, 5) is 8.61. The minimum Gasteiger partial charge on any atom is -0.398 e. The van der Waals surface area contributed by atoms with Gasteiger partial charge in [-0.2, -0.15) is 5.10 Å². The monoisotopic (exact) mass is 307 g/mol. The number of nitrogens with zero attached hydrogens (tertiary/aromatic N) is 3. The molecule has 0 saturated carbocycles. The maximum atomic E-state index is 6.15. The molecule has 3 N–H and O–H groups in total. The van der Waals surface area contributed by atoms with Gasteiger partial charge in [0.2, 0.25) is 0 Å². The fourth-order valence-electron chi connectivity index (χ4n) is 1.85. The summed E-state index contributed by atoms with van der Waals surface area (Å²) in [6.07, 6.45) is 7.96. The molecule has 1 heterocycles. The van der Waals surface area contributed by atoms with E-state index in [1.54, 1.807) is 24.7 Å². The summed E-state index contributed by atoms with van der Waals surface area (Å²) in [6, 6.07) is 13.6. The number of amidine groups is 1. The summed E-state index contributed by atoms with van der Waals surface area (Å²) in [5.41, 5.74) is 11.7. The Morgan fingerprint density at radius 1 is 1.22 bits per heavy atom. The highest BCUT2D eigenvalue weighted by molar-refractivity contribution is 5.98. The van der Waals surface area contributed by atoms with Crippen molar-refractivity contribution in [3.63, 3.8) is 0 Å². The molecule has 5 heteroatoms. The Bertz CT molecular complexity index is 675. The van der Waals surface area contributed by atoms with E-state index in [1.165, 1.54) is 0 Å². The van der Waals surface area contributed by atoms with Crippen LogP contribution < -0.4 is 11.2 Å². The van der Waals surface area contributed by atoms with Gasteiger partial charge >= 0.3 is 0 Å². The predicted molar refractivity (Wildman–Crippen MR) is 95.9 cm³/mol. The zero-order valence-electron chi connectivity index (χ0n) is 13.2. The second-order valence-electron chi connectivity index (χ2n) is 4.86. The summed E-state index contributed by atoms with van der Waals surface area (Å²) >= 11 is 0. The van der Waals surface area contributed by atoms with Crippen molar-refractivity contribution >= 4 is 17.7 Å². The van der Waals surface area contributed by atoms with Gasteiger partial charge in [-0.1, -0.05) is 43.3 Å². The number of benzene rings is 1.